The number of unbranched alkanes of at least 4 members (excludes halogenated alkanes) is 10. The fourth-order valence-electron chi connectivity index (χ4n) is 4.78. The van der Waals surface area contributed by atoms with E-state index in [4.69, 9.17) is 0 Å². The summed E-state index contributed by atoms with van der Waals surface area (Å²) in [5.74, 6) is -4.34. The van der Waals surface area contributed by atoms with E-state index in [1.54, 1.807) is 20.8 Å². The highest BCUT2D eigenvalue weighted by molar-refractivity contribution is 5.69. The van der Waals surface area contributed by atoms with Gasteiger partial charge in [-0.1, -0.05) is 78.4 Å². The fraction of sp³-hybridized carbons (Fsp3) is 0.839. The van der Waals surface area contributed by atoms with Crippen LogP contribution in [-0.2, 0) is 14.4 Å². The minimum absolute atomic E-state index is 0.439. The maximum atomic E-state index is 11.4. The van der Waals surface area contributed by atoms with Crippen molar-refractivity contribution < 1.29 is 34.2 Å². The highest BCUT2D eigenvalue weighted by atomic mass is 16.4. The van der Waals surface area contributed by atoms with Gasteiger partial charge in [0.25, 0.3) is 0 Å². The summed E-state index contributed by atoms with van der Waals surface area (Å²) < 4.78 is 0.574. The number of hydrogen-bond acceptors (Lipinski definition) is 4. The first-order chi connectivity index (χ1) is 18.0. The maximum absolute atomic E-state index is 11.4. The molecule has 0 saturated heterocycles. The molecule has 7 heteroatoms. The Labute approximate surface area is 232 Å². The number of quaternary nitrogens is 1. The molecule has 0 amide bonds. The topological polar surface area (TPSA) is 115 Å². The Hall–Kier alpha value is -1.89. The summed E-state index contributed by atoms with van der Waals surface area (Å²) >= 11 is 0. The zero-order valence-corrected chi connectivity index (χ0v) is 24.8. The van der Waals surface area contributed by atoms with Crippen LogP contribution in [0.2, 0.25) is 0 Å². The Morgan fingerprint density at radius 2 is 1.03 bits per heavy atom. The van der Waals surface area contributed by atoms with Crippen LogP contribution in [0.5, 0.6) is 0 Å². The number of rotatable bonds is 26. The third kappa shape index (κ3) is 18.4. The Balaban J connectivity index is 4.83. The summed E-state index contributed by atoms with van der Waals surface area (Å²) in [4.78, 5) is 34.2. The molecule has 0 aliphatic rings. The zero-order chi connectivity index (χ0) is 28.8. The van der Waals surface area contributed by atoms with Crippen LogP contribution in [0, 0.1) is 17.8 Å². The minimum Gasteiger partial charge on any atom is -0.550 e. The first kappa shape index (κ1) is 36.1. The van der Waals surface area contributed by atoms with E-state index in [0.29, 0.717) is 43.4 Å². The molecule has 0 aromatic rings. The molecule has 222 valence electrons. The number of allylic oxidation sites excluding steroid dienone is 2. The molecule has 0 radical (unpaired) electrons. The SMILES string of the molecule is CCCCCCCC/C=C/CCCCCC[N+](CCC(C)C(=O)[O-])(CCC(C)C(=O)O)CCC(C)C(=O)O. The van der Waals surface area contributed by atoms with Gasteiger partial charge in [0, 0.05) is 31.1 Å². The van der Waals surface area contributed by atoms with Gasteiger partial charge in [0.1, 0.15) is 0 Å². The molecule has 0 heterocycles. The predicted octanol–water partition coefficient (Wildman–Crippen LogP) is 6.06. The lowest BCUT2D eigenvalue weighted by molar-refractivity contribution is -0.929. The van der Waals surface area contributed by atoms with E-state index in [2.05, 4.69) is 19.1 Å². The van der Waals surface area contributed by atoms with Crippen LogP contribution in [0.15, 0.2) is 12.2 Å². The number of carbonyl (C=O) groups excluding carboxylic acids is 1. The molecule has 7 nitrogen and oxygen atoms in total. The van der Waals surface area contributed by atoms with Gasteiger partial charge in [0.15, 0.2) is 0 Å². The molecular weight excluding hydrogens is 482 g/mol. The molecule has 0 fully saturated rings. The zero-order valence-electron chi connectivity index (χ0n) is 24.8. The fourth-order valence-corrected chi connectivity index (χ4v) is 4.78. The first-order valence-electron chi connectivity index (χ1n) is 15.2. The standard InChI is InChI=1S/C31H57NO6/c1-5-6-7-8-9-10-11-12-13-14-15-16-17-18-22-32(23-19-26(2)29(33)34,24-20-27(3)30(35)36)25-21-28(4)31(37)38/h12-13,26-28H,5-11,14-25H2,1-4H3,(H2-,33,34,35,36,37,38)/b13-12+. The van der Waals surface area contributed by atoms with Gasteiger partial charge in [-0.15, -0.1) is 0 Å². The van der Waals surface area contributed by atoms with Crippen molar-refractivity contribution in [3.63, 3.8) is 0 Å². The second kappa shape index (κ2) is 22.0. The van der Waals surface area contributed by atoms with Gasteiger partial charge in [0.05, 0.1) is 38.0 Å². The van der Waals surface area contributed by atoms with E-state index in [0.717, 1.165) is 38.6 Å². The second-order valence-electron chi connectivity index (χ2n) is 11.5. The second-order valence-corrected chi connectivity index (χ2v) is 11.5. The third-order valence-electron chi connectivity index (χ3n) is 8.00. The molecule has 0 aliphatic heterocycles. The van der Waals surface area contributed by atoms with Gasteiger partial charge < -0.3 is 24.6 Å². The van der Waals surface area contributed by atoms with E-state index >= 15 is 0 Å². The molecule has 2 N–H and O–H groups in total. The van der Waals surface area contributed by atoms with Gasteiger partial charge in [-0.05, 0) is 38.5 Å². The average Bonchev–Trinajstić information content (AvgIpc) is 2.88. The smallest absolute Gasteiger partial charge is 0.306 e. The van der Waals surface area contributed by atoms with Gasteiger partial charge in [-0.3, -0.25) is 9.59 Å². The highest BCUT2D eigenvalue weighted by Crippen LogP contribution is 2.21. The van der Waals surface area contributed by atoms with Crippen LogP contribution in [0.25, 0.3) is 0 Å². The van der Waals surface area contributed by atoms with E-state index in [-0.39, 0.29) is 0 Å². The summed E-state index contributed by atoms with van der Waals surface area (Å²) in [5, 5.41) is 30.1. The van der Waals surface area contributed by atoms with Crippen LogP contribution >= 0.6 is 0 Å². The van der Waals surface area contributed by atoms with Gasteiger partial charge in [-0.25, -0.2) is 0 Å². The summed E-state index contributed by atoms with van der Waals surface area (Å²) in [6, 6.07) is 0. The lowest BCUT2D eigenvalue weighted by Gasteiger charge is -2.41. The lowest BCUT2D eigenvalue weighted by Crippen LogP contribution is -2.52. The number of carboxylic acid groups (broad SMARTS) is 3. The lowest BCUT2D eigenvalue weighted by atomic mass is 10.0. The Morgan fingerprint density at radius 1 is 0.632 bits per heavy atom. The normalized spacial score (nSPS) is 15.7. The molecule has 0 spiro atoms. The molecule has 0 aromatic heterocycles. The maximum Gasteiger partial charge on any atom is 0.306 e. The molecular formula is C31H57NO6. The molecule has 0 saturated carbocycles. The van der Waals surface area contributed by atoms with Gasteiger partial charge in [0.2, 0.25) is 0 Å². The summed E-state index contributed by atoms with van der Waals surface area (Å²) in [7, 11) is 0. The molecule has 0 bridgehead atoms. The monoisotopic (exact) mass is 539 g/mol. The number of carboxylic acids is 3. The average molecular weight is 540 g/mol. The molecule has 3 atom stereocenters. The van der Waals surface area contributed by atoms with E-state index < -0.39 is 35.7 Å². The summed E-state index contributed by atoms with van der Waals surface area (Å²) in [5.41, 5.74) is 0. The van der Waals surface area contributed by atoms with E-state index in [9.17, 15) is 29.7 Å². The molecule has 0 aromatic carbocycles. The Bertz CT molecular complexity index is 617. The number of aliphatic carboxylic acids is 3. The van der Waals surface area contributed by atoms with Crippen molar-refractivity contribution in [1.82, 2.24) is 0 Å². The van der Waals surface area contributed by atoms with Crippen molar-refractivity contribution >= 4 is 17.9 Å². The predicted molar refractivity (Wildman–Crippen MR) is 152 cm³/mol. The van der Waals surface area contributed by atoms with Crippen LogP contribution < -0.4 is 5.11 Å². The van der Waals surface area contributed by atoms with Gasteiger partial charge >= 0.3 is 11.9 Å². The van der Waals surface area contributed by atoms with Crippen molar-refractivity contribution in [1.29, 1.82) is 0 Å². The third-order valence-corrected chi connectivity index (χ3v) is 8.00. The Kier molecular flexibility index (Phi) is 20.9. The van der Waals surface area contributed by atoms with E-state index in [1.165, 1.54) is 44.9 Å². The molecule has 0 aliphatic carbocycles. The van der Waals surface area contributed by atoms with E-state index in [1.807, 2.05) is 0 Å². The van der Waals surface area contributed by atoms with Crippen molar-refractivity contribution in [2.45, 2.75) is 124 Å². The number of carbonyl (C=O) groups is 3. The quantitative estimate of drug-likeness (QED) is 0.0784. The highest BCUT2D eigenvalue weighted by Gasteiger charge is 2.30. The number of nitrogens with zero attached hydrogens (tertiary/aromatic N) is 1. The van der Waals surface area contributed by atoms with Crippen molar-refractivity contribution in [3.05, 3.63) is 12.2 Å². The van der Waals surface area contributed by atoms with Crippen LogP contribution in [-0.4, -0.2) is 58.8 Å². The van der Waals surface area contributed by atoms with Crippen LogP contribution in [0.1, 0.15) is 124 Å². The largest absolute Gasteiger partial charge is 0.550 e. The summed E-state index contributed by atoms with van der Waals surface area (Å²) in [6.07, 6.45) is 20.5. The first-order valence-corrected chi connectivity index (χ1v) is 15.2. The molecule has 3 unspecified atom stereocenters. The Morgan fingerprint density at radius 3 is 1.45 bits per heavy atom. The van der Waals surface area contributed by atoms with Crippen molar-refractivity contribution in [3.8, 4) is 0 Å². The van der Waals surface area contributed by atoms with Crippen LogP contribution in [0.3, 0.4) is 0 Å². The van der Waals surface area contributed by atoms with Gasteiger partial charge in [-0.2, -0.15) is 0 Å². The van der Waals surface area contributed by atoms with Crippen molar-refractivity contribution in [2.75, 3.05) is 26.2 Å². The molecule has 38 heavy (non-hydrogen) atoms. The van der Waals surface area contributed by atoms with Crippen LogP contribution in [0.4, 0.5) is 0 Å². The number of hydrogen-bond donors (Lipinski definition) is 2. The molecule has 0 rings (SSSR count). The van der Waals surface area contributed by atoms with Crippen molar-refractivity contribution in [2.24, 2.45) is 17.8 Å². The summed E-state index contributed by atoms with van der Waals surface area (Å²) in [6.45, 7) is 9.90. The minimum atomic E-state index is -1.08.